The second-order valence-electron chi connectivity index (χ2n) is 5.53. The lowest BCUT2D eigenvalue weighted by atomic mass is 9.64. The Hall–Kier alpha value is -0.160. The van der Waals surface area contributed by atoms with Gasteiger partial charge in [0.05, 0.1) is 18.3 Å². The molecule has 0 radical (unpaired) electrons. The molecule has 0 amide bonds. The van der Waals surface area contributed by atoms with Crippen molar-refractivity contribution in [1.29, 1.82) is 0 Å². The van der Waals surface area contributed by atoms with E-state index in [0.717, 1.165) is 25.9 Å². The lowest BCUT2D eigenvalue weighted by molar-refractivity contribution is -0.197. The maximum atomic E-state index is 11.0. The van der Waals surface area contributed by atoms with Crippen LogP contribution in [0.4, 0.5) is 0 Å². The summed E-state index contributed by atoms with van der Waals surface area (Å²) >= 11 is 0. The summed E-state index contributed by atoms with van der Waals surface area (Å²) in [6.07, 6.45) is 4.46. The predicted molar refractivity (Wildman–Crippen MR) is 65.8 cm³/mol. The molecule has 0 aromatic heterocycles. The first-order valence-corrected chi connectivity index (χ1v) is 6.77. The van der Waals surface area contributed by atoms with Crippen LogP contribution in [0.5, 0.6) is 0 Å². The third-order valence-corrected chi connectivity index (χ3v) is 4.59. The molecule has 3 N–H and O–H groups in total. The zero-order valence-corrected chi connectivity index (χ0v) is 10.8. The van der Waals surface area contributed by atoms with Crippen LogP contribution >= 0.6 is 0 Å². The summed E-state index contributed by atoms with van der Waals surface area (Å²) in [5.74, 6) is 0. The molecular formula is C13H25NO3. The SMILES string of the molecule is CCC1CC(O)(C2(CN)CCCOC2)CCO1. The summed E-state index contributed by atoms with van der Waals surface area (Å²) in [5, 5.41) is 11.0. The van der Waals surface area contributed by atoms with Crippen LogP contribution in [-0.4, -0.2) is 43.2 Å². The Kier molecular flexibility index (Phi) is 4.08. The number of rotatable bonds is 3. The first-order chi connectivity index (χ1) is 8.16. The predicted octanol–water partition coefficient (Wildman–Crippen LogP) is 1.06. The zero-order chi connectivity index (χ0) is 12.4. The largest absolute Gasteiger partial charge is 0.389 e. The topological polar surface area (TPSA) is 64.7 Å². The third-order valence-electron chi connectivity index (χ3n) is 4.59. The lowest BCUT2D eigenvalue weighted by Crippen LogP contribution is -2.60. The van der Waals surface area contributed by atoms with Crippen molar-refractivity contribution in [1.82, 2.24) is 0 Å². The monoisotopic (exact) mass is 243 g/mol. The highest BCUT2D eigenvalue weighted by molar-refractivity contribution is 5.03. The van der Waals surface area contributed by atoms with Crippen molar-refractivity contribution in [3.63, 3.8) is 0 Å². The number of aliphatic hydroxyl groups is 1. The summed E-state index contributed by atoms with van der Waals surface area (Å²) in [6.45, 7) is 4.63. The molecule has 2 aliphatic rings. The molecule has 3 unspecified atom stereocenters. The van der Waals surface area contributed by atoms with E-state index in [1.165, 1.54) is 0 Å². The average molecular weight is 243 g/mol. The van der Waals surface area contributed by atoms with Gasteiger partial charge in [-0.15, -0.1) is 0 Å². The minimum atomic E-state index is -0.707. The van der Waals surface area contributed by atoms with E-state index in [0.29, 0.717) is 32.6 Å². The van der Waals surface area contributed by atoms with E-state index in [1.807, 2.05) is 0 Å². The standard InChI is InChI=1S/C13H25NO3/c1-2-11-8-13(15,5-7-17-11)12(9-14)4-3-6-16-10-12/h11,15H,2-10,14H2,1H3. The van der Waals surface area contributed by atoms with Crippen molar-refractivity contribution in [3.8, 4) is 0 Å². The molecule has 0 aromatic rings. The molecule has 4 heteroatoms. The maximum absolute atomic E-state index is 11.0. The molecule has 2 rings (SSSR count). The summed E-state index contributed by atoms with van der Waals surface area (Å²) in [5.41, 5.74) is 4.99. The fourth-order valence-corrected chi connectivity index (χ4v) is 3.25. The molecule has 4 nitrogen and oxygen atoms in total. The fraction of sp³-hybridized carbons (Fsp3) is 1.00. The molecule has 2 saturated heterocycles. The van der Waals surface area contributed by atoms with Crippen molar-refractivity contribution >= 4 is 0 Å². The lowest BCUT2D eigenvalue weighted by Gasteiger charge is -2.51. The minimum absolute atomic E-state index is 0.166. The van der Waals surface area contributed by atoms with Crippen molar-refractivity contribution < 1.29 is 14.6 Å². The molecule has 100 valence electrons. The Morgan fingerprint density at radius 1 is 1.35 bits per heavy atom. The van der Waals surface area contributed by atoms with Gasteiger partial charge in [-0.1, -0.05) is 6.92 Å². The highest BCUT2D eigenvalue weighted by Crippen LogP contribution is 2.45. The van der Waals surface area contributed by atoms with Crippen molar-refractivity contribution in [3.05, 3.63) is 0 Å². The second kappa shape index (κ2) is 5.22. The molecule has 17 heavy (non-hydrogen) atoms. The van der Waals surface area contributed by atoms with E-state index in [-0.39, 0.29) is 11.5 Å². The first kappa shape index (κ1) is 13.3. The van der Waals surface area contributed by atoms with E-state index in [2.05, 4.69) is 6.92 Å². The van der Waals surface area contributed by atoms with Crippen LogP contribution in [0.25, 0.3) is 0 Å². The van der Waals surface area contributed by atoms with Gasteiger partial charge in [0.2, 0.25) is 0 Å². The number of ether oxygens (including phenoxy) is 2. The fourth-order valence-electron chi connectivity index (χ4n) is 3.25. The van der Waals surface area contributed by atoms with Gasteiger partial charge in [0.1, 0.15) is 0 Å². The van der Waals surface area contributed by atoms with Crippen molar-refractivity contribution in [2.24, 2.45) is 11.1 Å². The quantitative estimate of drug-likeness (QED) is 0.778. The van der Waals surface area contributed by atoms with Crippen molar-refractivity contribution in [2.75, 3.05) is 26.4 Å². The Morgan fingerprint density at radius 3 is 2.76 bits per heavy atom. The van der Waals surface area contributed by atoms with E-state index in [1.54, 1.807) is 0 Å². The highest BCUT2D eigenvalue weighted by atomic mass is 16.5. The Morgan fingerprint density at radius 2 is 2.18 bits per heavy atom. The average Bonchev–Trinajstić information content (AvgIpc) is 2.39. The molecule has 0 aliphatic carbocycles. The molecule has 3 atom stereocenters. The summed E-state index contributed by atoms with van der Waals surface area (Å²) in [7, 11) is 0. The Bertz CT molecular complexity index is 253. The molecule has 2 fully saturated rings. The number of hydrogen-bond acceptors (Lipinski definition) is 4. The second-order valence-corrected chi connectivity index (χ2v) is 5.53. The van der Waals surface area contributed by atoms with Crippen LogP contribution < -0.4 is 5.73 Å². The van der Waals surface area contributed by atoms with Gasteiger partial charge in [-0.2, -0.15) is 0 Å². The van der Waals surface area contributed by atoms with Gasteiger partial charge in [0.15, 0.2) is 0 Å². The van der Waals surface area contributed by atoms with Gasteiger partial charge in [-0.3, -0.25) is 0 Å². The summed E-state index contributed by atoms with van der Waals surface area (Å²) in [4.78, 5) is 0. The van der Waals surface area contributed by atoms with E-state index < -0.39 is 5.60 Å². The van der Waals surface area contributed by atoms with Gasteiger partial charge in [-0.05, 0) is 19.3 Å². The van der Waals surface area contributed by atoms with Crippen LogP contribution in [0.1, 0.15) is 39.0 Å². The van der Waals surface area contributed by atoms with Gasteiger partial charge in [0.25, 0.3) is 0 Å². The minimum Gasteiger partial charge on any atom is -0.389 e. The molecule has 0 bridgehead atoms. The van der Waals surface area contributed by atoms with Gasteiger partial charge < -0.3 is 20.3 Å². The molecule has 2 aliphatic heterocycles. The number of hydrogen-bond donors (Lipinski definition) is 2. The van der Waals surface area contributed by atoms with Crippen LogP contribution in [0.3, 0.4) is 0 Å². The van der Waals surface area contributed by atoms with E-state index in [4.69, 9.17) is 15.2 Å². The molecule has 0 aromatic carbocycles. The summed E-state index contributed by atoms with van der Waals surface area (Å²) in [6, 6.07) is 0. The van der Waals surface area contributed by atoms with Crippen LogP contribution in [0, 0.1) is 5.41 Å². The maximum Gasteiger partial charge on any atom is 0.0784 e. The van der Waals surface area contributed by atoms with Crippen molar-refractivity contribution in [2.45, 2.75) is 50.7 Å². The van der Waals surface area contributed by atoms with Crippen LogP contribution in [0.2, 0.25) is 0 Å². The molecule has 0 saturated carbocycles. The number of nitrogens with two attached hydrogens (primary N) is 1. The normalized spacial score (nSPS) is 43.6. The van der Waals surface area contributed by atoms with E-state index in [9.17, 15) is 5.11 Å². The van der Waals surface area contributed by atoms with Crippen LogP contribution in [0.15, 0.2) is 0 Å². The van der Waals surface area contributed by atoms with Gasteiger partial charge >= 0.3 is 0 Å². The summed E-state index contributed by atoms with van der Waals surface area (Å²) < 4.78 is 11.2. The van der Waals surface area contributed by atoms with E-state index >= 15 is 0 Å². The molecule has 2 heterocycles. The van der Waals surface area contributed by atoms with Crippen LogP contribution in [-0.2, 0) is 9.47 Å². The Balaban J connectivity index is 2.15. The zero-order valence-electron chi connectivity index (χ0n) is 10.8. The van der Waals surface area contributed by atoms with Gasteiger partial charge in [-0.25, -0.2) is 0 Å². The first-order valence-electron chi connectivity index (χ1n) is 6.77. The van der Waals surface area contributed by atoms with Gasteiger partial charge in [0, 0.05) is 38.0 Å². The third kappa shape index (κ3) is 2.36. The molecular weight excluding hydrogens is 218 g/mol. The highest BCUT2D eigenvalue weighted by Gasteiger charge is 2.52. The molecule has 0 spiro atoms. The smallest absolute Gasteiger partial charge is 0.0784 e. The Labute approximate surface area is 103 Å².